The van der Waals surface area contributed by atoms with Crippen LogP contribution >= 0.6 is 0 Å². The van der Waals surface area contributed by atoms with Crippen molar-refractivity contribution in [2.24, 2.45) is 5.84 Å². The van der Waals surface area contributed by atoms with Gasteiger partial charge in [0, 0.05) is 31.0 Å². The molecule has 1 atom stereocenters. The Morgan fingerprint density at radius 1 is 1.56 bits per heavy atom. The number of aliphatic hydroxyl groups excluding tert-OH is 1. The minimum absolute atomic E-state index is 0.253. The van der Waals surface area contributed by atoms with E-state index in [0.29, 0.717) is 12.0 Å². The lowest BCUT2D eigenvalue weighted by Crippen LogP contribution is -2.30. The maximum atomic E-state index is 8.94. The van der Waals surface area contributed by atoms with Gasteiger partial charge in [0.15, 0.2) is 0 Å². The summed E-state index contributed by atoms with van der Waals surface area (Å²) in [6, 6.07) is 2.45. The highest BCUT2D eigenvalue weighted by Crippen LogP contribution is 2.27. The summed E-state index contributed by atoms with van der Waals surface area (Å²) in [5.74, 6) is 6.76. The van der Waals surface area contributed by atoms with Crippen LogP contribution in [0.1, 0.15) is 31.4 Å². The van der Waals surface area contributed by atoms with Crippen LogP contribution in [-0.4, -0.2) is 34.3 Å². The van der Waals surface area contributed by atoms with Crippen LogP contribution in [0.5, 0.6) is 0 Å². The fraction of sp³-hybridized carbons (Fsp3) is 0.667. The molecule has 1 aliphatic rings. The van der Waals surface area contributed by atoms with Gasteiger partial charge in [0.25, 0.3) is 0 Å². The second kappa shape index (κ2) is 5.97. The van der Waals surface area contributed by atoms with Gasteiger partial charge < -0.3 is 10.0 Å². The van der Waals surface area contributed by atoms with Gasteiger partial charge in [-0.25, -0.2) is 10.8 Å². The van der Waals surface area contributed by atoms with Gasteiger partial charge in [-0.1, -0.05) is 0 Å². The molecule has 6 nitrogen and oxygen atoms in total. The van der Waals surface area contributed by atoms with E-state index in [9.17, 15) is 0 Å². The van der Waals surface area contributed by atoms with Crippen molar-refractivity contribution in [2.45, 2.75) is 38.6 Å². The first-order valence-corrected chi connectivity index (χ1v) is 6.44. The summed E-state index contributed by atoms with van der Waals surface area (Å²) in [7, 11) is 0. The predicted molar refractivity (Wildman–Crippen MR) is 71.3 cm³/mol. The van der Waals surface area contributed by atoms with Crippen molar-refractivity contribution in [1.82, 2.24) is 9.97 Å². The highest BCUT2D eigenvalue weighted by molar-refractivity contribution is 5.46. The fourth-order valence-electron chi connectivity index (χ4n) is 2.53. The van der Waals surface area contributed by atoms with Crippen LogP contribution < -0.4 is 16.2 Å². The van der Waals surface area contributed by atoms with E-state index >= 15 is 0 Å². The lowest BCUT2D eigenvalue weighted by molar-refractivity contribution is 0.279. The van der Waals surface area contributed by atoms with Crippen LogP contribution in [0.4, 0.5) is 11.8 Å². The highest BCUT2D eigenvalue weighted by Gasteiger charge is 2.25. The zero-order valence-corrected chi connectivity index (χ0v) is 10.8. The standard InChI is InChI=1S/C12H21N5O/c1-9-8-11(15-12(14-9)16-13)17-6-2-4-10(17)5-3-7-18/h8,10,18H,2-7,13H2,1H3,(H,14,15,16). The Hall–Kier alpha value is -1.40. The molecule has 0 radical (unpaired) electrons. The normalized spacial score (nSPS) is 19.3. The summed E-state index contributed by atoms with van der Waals surface area (Å²) < 4.78 is 0. The smallest absolute Gasteiger partial charge is 0.239 e. The Morgan fingerprint density at radius 2 is 2.39 bits per heavy atom. The number of hydrogen-bond acceptors (Lipinski definition) is 6. The first kappa shape index (κ1) is 13.0. The van der Waals surface area contributed by atoms with Gasteiger partial charge in [-0.05, 0) is 32.6 Å². The van der Waals surface area contributed by atoms with Crippen LogP contribution in [0.25, 0.3) is 0 Å². The number of aliphatic hydroxyl groups is 1. The van der Waals surface area contributed by atoms with Gasteiger partial charge in [0.1, 0.15) is 5.82 Å². The molecular formula is C12H21N5O. The Kier molecular flexibility index (Phi) is 4.33. The van der Waals surface area contributed by atoms with E-state index in [0.717, 1.165) is 37.3 Å². The summed E-state index contributed by atoms with van der Waals surface area (Å²) in [5, 5.41) is 8.94. The van der Waals surface area contributed by atoms with Crippen molar-refractivity contribution >= 4 is 11.8 Å². The van der Waals surface area contributed by atoms with Crippen molar-refractivity contribution in [2.75, 3.05) is 23.5 Å². The maximum absolute atomic E-state index is 8.94. The van der Waals surface area contributed by atoms with Crippen molar-refractivity contribution in [1.29, 1.82) is 0 Å². The number of hydrogen-bond donors (Lipinski definition) is 3. The summed E-state index contributed by atoms with van der Waals surface area (Å²) in [5.41, 5.74) is 3.40. The van der Waals surface area contributed by atoms with Crippen LogP contribution in [0.3, 0.4) is 0 Å². The maximum Gasteiger partial charge on any atom is 0.239 e. The molecular weight excluding hydrogens is 230 g/mol. The fourth-order valence-corrected chi connectivity index (χ4v) is 2.53. The molecule has 6 heteroatoms. The average molecular weight is 251 g/mol. The van der Waals surface area contributed by atoms with E-state index in [-0.39, 0.29) is 6.61 Å². The molecule has 0 amide bonds. The van der Waals surface area contributed by atoms with E-state index in [1.165, 1.54) is 6.42 Å². The highest BCUT2D eigenvalue weighted by atomic mass is 16.2. The largest absolute Gasteiger partial charge is 0.396 e. The summed E-state index contributed by atoms with van der Waals surface area (Å²) in [6.07, 6.45) is 4.18. The second-order valence-electron chi connectivity index (χ2n) is 4.69. The van der Waals surface area contributed by atoms with E-state index in [1.807, 2.05) is 13.0 Å². The van der Waals surface area contributed by atoms with Crippen molar-refractivity contribution in [3.63, 3.8) is 0 Å². The Labute approximate surface area is 107 Å². The minimum Gasteiger partial charge on any atom is -0.396 e. The molecule has 0 aliphatic carbocycles. The Bertz CT molecular complexity index is 398. The van der Waals surface area contributed by atoms with Crippen LogP contribution in [0, 0.1) is 6.92 Å². The summed E-state index contributed by atoms with van der Waals surface area (Å²) in [6.45, 7) is 3.20. The molecule has 0 aromatic carbocycles. The molecule has 4 N–H and O–H groups in total. The summed E-state index contributed by atoms with van der Waals surface area (Å²) >= 11 is 0. The number of aromatic nitrogens is 2. The van der Waals surface area contributed by atoms with Gasteiger partial charge in [0.2, 0.25) is 5.95 Å². The number of hydrazine groups is 1. The third-order valence-corrected chi connectivity index (χ3v) is 3.34. The first-order valence-electron chi connectivity index (χ1n) is 6.44. The average Bonchev–Trinajstić information content (AvgIpc) is 2.83. The molecule has 100 valence electrons. The van der Waals surface area contributed by atoms with E-state index in [2.05, 4.69) is 20.3 Å². The van der Waals surface area contributed by atoms with Crippen LogP contribution in [0.2, 0.25) is 0 Å². The number of nitrogens with zero attached hydrogens (tertiary/aromatic N) is 3. The molecule has 0 saturated carbocycles. The molecule has 1 saturated heterocycles. The van der Waals surface area contributed by atoms with Crippen LogP contribution in [0.15, 0.2) is 6.07 Å². The molecule has 1 aliphatic heterocycles. The molecule has 0 spiro atoms. The third kappa shape index (κ3) is 2.88. The molecule has 1 unspecified atom stereocenters. The predicted octanol–water partition coefficient (Wildman–Crippen LogP) is 0.812. The minimum atomic E-state index is 0.253. The number of anilines is 2. The van der Waals surface area contributed by atoms with Gasteiger partial charge in [-0.3, -0.25) is 5.43 Å². The first-order chi connectivity index (χ1) is 8.74. The van der Waals surface area contributed by atoms with E-state index < -0.39 is 0 Å². The number of nitrogens with one attached hydrogen (secondary N) is 1. The Morgan fingerprint density at radius 3 is 3.11 bits per heavy atom. The van der Waals surface area contributed by atoms with Crippen molar-refractivity contribution in [3.8, 4) is 0 Å². The van der Waals surface area contributed by atoms with E-state index in [4.69, 9.17) is 10.9 Å². The topological polar surface area (TPSA) is 87.3 Å². The van der Waals surface area contributed by atoms with Crippen LogP contribution in [-0.2, 0) is 0 Å². The molecule has 1 aromatic rings. The summed E-state index contributed by atoms with van der Waals surface area (Å²) in [4.78, 5) is 10.9. The Balaban J connectivity index is 2.16. The number of nitrogens with two attached hydrogens (primary N) is 1. The van der Waals surface area contributed by atoms with Gasteiger partial charge in [-0.2, -0.15) is 4.98 Å². The monoisotopic (exact) mass is 251 g/mol. The number of nitrogen functional groups attached to an aromatic ring is 1. The molecule has 18 heavy (non-hydrogen) atoms. The molecule has 2 heterocycles. The molecule has 0 bridgehead atoms. The van der Waals surface area contributed by atoms with Crippen molar-refractivity contribution in [3.05, 3.63) is 11.8 Å². The zero-order chi connectivity index (χ0) is 13.0. The lowest BCUT2D eigenvalue weighted by Gasteiger charge is -2.26. The number of aryl methyl sites for hydroxylation is 1. The van der Waals surface area contributed by atoms with E-state index in [1.54, 1.807) is 0 Å². The molecule has 1 fully saturated rings. The van der Waals surface area contributed by atoms with Gasteiger partial charge in [0.05, 0.1) is 0 Å². The lowest BCUT2D eigenvalue weighted by atomic mass is 10.1. The quantitative estimate of drug-likeness (QED) is 0.530. The van der Waals surface area contributed by atoms with Gasteiger partial charge >= 0.3 is 0 Å². The molecule has 1 aromatic heterocycles. The van der Waals surface area contributed by atoms with Gasteiger partial charge in [-0.15, -0.1) is 0 Å². The zero-order valence-electron chi connectivity index (χ0n) is 10.8. The molecule has 2 rings (SSSR count). The number of rotatable bonds is 5. The SMILES string of the molecule is Cc1cc(N2CCCC2CCCO)nc(NN)n1. The third-order valence-electron chi connectivity index (χ3n) is 3.34. The van der Waals surface area contributed by atoms with Crippen molar-refractivity contribution < 1.29 is 5.11 Å². The second-order valence-corrected chi connectivity index (χ2v) is 4.69.